The van der Waals surface area contributed by atoms with Crippen molar-refractivity contribution in [2.45, 2.75) is 20.8 Å². The van der Waals surface area contributed by atoms with Gasteiger partial charge < -0.3 is 20.8 Å². The molecule has 11 heavy (non-hydrogen) atoms. The molecule has 73 valence electrons. The molecule has 5 heteroatoms. The summed E-state index contributed by atoms with van der Waals surface area (Å²) in [5.41, 5.74) is 0. The Labute approximate surface area is 80.4 Å². The van der Waals surface area contributed by atoms with Crippen LogP contribution in [-0.4, -0.2) is 19.8 Å². The van der Waals surface area contributed by atoms with E-state index in [1.54, 1.807) is 20.8 Å². The minimum Gasteiger partial charge on any atom is -2.00 e. The molecule has 0 rings (SSSR count). The molecule has 4 nitrogen and oxygen atoms in total. The van der Waals surface area contributed by atoms with Crippen LogP contribution in [0.25, 0.3) is 0 Å². The summed E-state index contributed by atoms with van der Waals surface area (Å²) in [5.74, 6) is 0. The van der Waals surface area contributed by atoms with E-state index in [0.29, 0.717) is 0 Å². The minimum atomic E-state index is 0. The van der Waals surface area contributed by atoms with Crippen LogP contribution < -0.4 is 15.3 Å². The maximum Gasteiger partial charge on any atom is 0 e. The third kappa shape index (κ3) is 4110. The van der Waals surface area contributed by atoms with Crippen LogP contribution in [0.3, 0.4) is 0 Å². The quantitative estimate of drug-likeness (QED) is 0.453. The van der Waals surface area contributed by atoms with E-state index in [9.17, 15) is 0 Å². The maximum absolute atomic E-state index is 8.93. The molecule has 0 unspecified atom stereocenters. The van der Waals surface area contributed by atoms with Crippen molar-refractivity contribution in [3.63, 3.8) is 0 Å². The van der Waals surface area contributed by atoms with Gasteiger partial charge in [0.25, 0.3) is 0 Å². The SMILES string of the molecule is CC[O-].CC[O-].CC[O-].[O-2].[V]. The maximum atomic E-state index is 8.93. The van der Waals surface area contributed by atoms with Gasteiger partial charge in [0.2, 0.25) is 0 Å². The van der Waals surface area contributed by atoms with Crippen molar-refractivity contribution in [3.8, 4) is 0 Å². The molecule has 0 amide bonds. The van der Waals surface area contributed by atoms with Crippen LogP contribution in [0, 0.1) is 0 Å². The van der Waals surface area contributed by atoms with Gasteiger partial charge in [0.1, 0.15) is 0 Å². The summed E-state index contributed by atoms with van der Waals surface area (Å²) in [6, 6.07) is 0. The van der Waals surface area contributed by atoms with E-state index < -0.39 is 0 Å². The van der Waals surface area contributed by atoms with Crippen molar-refractivity contribution in [1.82, 2.24) is 0 Å². The van der Waals surface area contributed by atoms with Crippen LogP contribution in [0.2, 0.25) is 0 Å². The van der Waals surface area contributed by atoms with Crippen LogP contribution in [-0.2, 0) is 24.0 Å². The predicted molar refractivity (Wildman–Crippen MR) is 32.3 cm³/mol. The molecule has 0 aliphatic rings. The molecule has 0 aromatic heterocycles. The first-order valence-electron chi connectivity index (χ1n) is 2.99. The van der Waals surface area contributed by atoms with Crippen molar-refractivity contribution in [3.05, 3.63) is 0 Å². The van der Waals surface area contributed by atoms with Gasteiger partial charge in [0.15, 0.2) is 0 Å². The van der Waals surface area contributed by atoms with Crippen molar-refractivity contribution >= 4 is 0 Å². The second kappa shape index (κ2) is 79.0. The molecule has 0 aliphatic carbocycles. The van der Waals surface area contributed by atoms with Crippen LogP contribution in [0.5, 0.6) is 0 Å². The van der Waals surface area contributed by atoms with Crippen molar-refractivity contribution < 1.29 is 39.4 Å². The fourth-order valence-electron chi connectivity index (χ4n) is 0. The van der Waals surface area contributed by atoms with Gasteiger partial charge >= 0.3 is 0 Å². The zero-order valence-corrected chi connectivity index (χ0v) is 8.60. The van der Waals surface area contributed by atoms with Crippen molar-refractivity contribution in [2.24, 2.45) is 0 Å². The summed E-state index contributed by atoms with van der Waals surface area (Å²) in [4.78, 5) is 0. The Morgan fingerprint density at radius 2 is 0.727 bits per heavy atom. The van der Waals surface area contributed by atoms with E-state index in [4.69, 9.17) is 15.3 Å². The zero-order chi connectivity index (χ0) is 8.12. The van der Waals surface area contributed by atoms with E-state index in [1.807, 2.05) is 0 Å². The van der Waals surface area contributed by atoms with Gasteiger partial charge in [-0.15, -0.1) is 19.8 Å². The molecule has 0 N–H and O–H groups in total. The smallest absolute Gasteiger partial charge is 0 e. The Balaban J connectivity index is -0.0000000150. The summed E-state index contributed by atoms with van der Waals surface area (Å²) in [6.07, 6.45) is 0. The third-order valence-electron chi connectivity index (χ3n) is 0. The molecule has 1 radical (unpaired) electrons. The van der Waals surface area contributed by atoms with Crippen LogP contribution in [0.15, 0.2) is 0 Å². The first kappa shape index (κ1) is 30.1. The van der Waals surface area contributed by atoms with Crippen LogP contribution in [0.1, 0.15) is 20.8 Å². The van der Waals surface area contributed by atoms with Crippen molar-refractivity contribution in [2.75, 3.05) is 19.8 Å². The first-order chi connectivity index (χ1) is 4.24. The molecule has 0 saturated carbocycles. The summed E-state index contributed by atoms with van der Waals surface area (Å²) >= 11 is 0. The second-order valence-electron chi connectivity index (χ2n) is 0.866. The Hall–Kier alpha value is 0.424. The monoisotopic (exact) mass is 202 g/mol. The molecular weight excluding hydrogens is 187 g/mol. The van der Waals surface area contributed by atoms with Gasteiger partial charge in [-0.05, 0) is 0 Å². The summed E-state index contributed by atoms with van der Waals surface area (Å²) in [5, 5.41) is 26.8. The Bertz CT molecular complexity index is 19.3. The average molecular weight is 202 g/mol. The van der Waals surface area contributed by atoms with Gasteiger partial charge in [-0.1, -0.05) is 20.8 Å². The number of hydrogen-bond donors (Lipinski definition) is 0. The van der Waals surface area contributed by atoms with Gasteiger partial charge in [-0.3, -0.25) is 0 Å². The summed E-state index contributed by atoms with van der Waals surface area (Å²) in [7, 11) is 0. The van der Waals surface area contributed by atoms with Gasteiger partial charge in [-0.25, -0.2) is 0 Å². The van der Waals surface area contributed by atoms with E-state index in [-0.39, 0.29) is 43.9 Å². The Morgan fingerprint density at radius 3 is 0.727 bits per heavy atom. The fraction of sp³-hybridized carbons (Fsp3) is 1.00. The molecule has 0 spiro atoms. The number of hydrogen-bond acceptors (Lipinski definition) is 3. The minimum absolute atomic E-state index is 0. The van der Waals surface area contributed by atoms with Crippen LogP contribution >= 0.6 is 0 Å². The Kier molecular flexibility index (Phi) is 216. The van der Waals surface area contributed by atoms with E-state index in [2.05, 4.69) is 0 Å². The largest absolute Gasteiger partial charge is 2.00 e. The molecule has 0 heterocycles. The third-order valence-corrected chi connectivity index (χ3v) is 0. The summed E-state index contributed by atoms with van der Waals surface area (Å²) < 4.78 is 0. The van der Waals surface area contributed by atoms with Crippen molar-refractivity contribution in [1.29, 1.82) is 0 Å². The first-order valence-corrected chi connectivity index (χ1v) is 2.99. The molecule has 0 bridgehead atoms. The van der Waals surface area contributed by atoms with Gasteiger partial charge in [0, 0.05) is 18.6 Å². The topological polar surface area (TPSA) is 97.7 Å². The molecule has 0 aromatic carbocycles. The normalized spacial score (nSPS) is 4.91. The second-order valence-corrected chi connectivity index (χ2v) is 0.866. The molecule has 0 saturated heterocycles. The Morgan fingerprint density at radius 1 is 0.727 bits per heavy atom. The molecular formula is C6H15O4V-5. The molecule has 0 atom stereocenters. The molecule has 0 aliphatic heterocycles. The van der Waals surface area contributed by atoms with E-state index >= 15 is 0 Å². The van der Waals surface area contributed by atoms with Gasteiger partial charge in [-0.2, -0.15) is 0 Å². The molecule has 0 fully saturated rings. The fourth-order valence-corrected chi connectivity index (χ4v) is 0. The predicted octanol–water partition coefficient (Wildman–Crippen LogP) is -2.02. The number of rotatable bonds is 0. The summed E-state index contributed by atoms with van der Waals surface area (Å²) in [6.45, 7) is 4.71. The zero-order valence-electron chi connectivity index (χ0n) is 7.20. The van der Waals surface area contributed by atoms with E-state index in [1.165, 1.54) is 0 Å². The van der Waals surface area contributed by atoms with Crippen LogP contribution in [0.4, 0.5) is 0 Å². The van der Waals surface area contributed by atoms with E-state index in [0.717, 1.165) is 0 Å². The van der Waals surface area contributed by atoms with Gasteiger partial charge in [0.05, 0.1) is 0 Å². The average Bonchev–Trinajstić information content (AvgIpc) is 1.70. The standard InChI is InChI=1S/3C2H5O.O.V/c3*1-2-3;;/h3*2H2,1H3;;/q3*-1;-2;. The molecule has 0 aromatic rings.